The third kappa shape index (κ3) is 2.76. The number of anilines is 1. The average molecular weight is 354 g/mol. The van der Waals surface area contributed by atoms with Crippen LogP contribution in [0.15, 0.2) is 72.8 Å². The van der Waals surface area contributed by atoms with Crippen molar-refractivity contribution < 1.29 is 0 Å². The SMILES string of the molecule is CCC1CN(c2cccc3c2C(c2ccccc2)c2ccccc2-3)CCN1. The van der Waals surface area contributed by atoms with Gasteiger partial charge in [0.15, 0.2) is 0 Å². The van der Waals surface area contributed by atoms with Crippen molar-refractivity contribution in [1.82, 2.24) is 5.32 Å². The van der Waals surface area contributed by atoms with Crippen molar-refractivity contribution >= 4 is 5.69 Å². The fraction of sp³-hybridized carbons (Fsp3) is 0.280. The van der Waals surface area contributed by atoms with Crippen molar-refractivity contribution in [2.45, 2.75) is 25.3 Å². The normalized spacial score (nSPS) is 21.0. The van der Waals surface area contributed by atoms with Gasteiger partial charge in [0.25, 0.3) is 0 Å². The monoisotopic (exact) mass is 354 g/mol. The minimum Gasteiger partial charge on any atom is -0.368 e. The van der Waals surface area contributed by atoms with E-state index in [9.17, 15) is 0 Å². The van der Waals surface area contributed by atoms with Crippen LogP contribution in [0.4, 0.5) is 5.69 Å². The van der Waals surface area contributed by atoms with Crippen molar-refractivity contribution in [3.05, 3.63) is 89.5 Å². The molecule has 0 bridgehead atoms. The first-order valence-electron chi connectivity index (χ1n) is 10.1. The van der Waals surface area contributed by atoms with E-state index in [0.717, 1.165) is 19.6 Å². The number of hydrogen-bond donors (Lipinski definition) is 1. The first kappa shape index (κ1) is 16.6. The summed E-state index contributed by atoms with van der Waals surface area (Å²) in [5.74, 6) is 0.323. The fourth-order valence-electron chi connectivity index (χ4n) is 4.83. The summed E-state index contributed by atoms with van der Waals surface area (Å²) in [6.45, 7) is 5.50. The van der Waals surface area contributed by atoms with Gasteiger partial charge in [0.1, 0.15) is 0 Å². The molecule has 3 aromatic rings. The lowest BCUT2D eigenvalue weighted by molar-refractivity contribution is 0.446. The third-order valence-electron chi connectivity index (χ3n) is 6.16. The van der Waals surface area contributed by atoms with Gasteiger partial charge in [-0.25, -0.2) is 0 Å². The van der Waals surface area contributed by atoms with Crippen molar-refractivity contribution in [3.63, 3.8) is 0 Å². The van der Waals surface area contributed by atoms with Crippen LogP contribution in [0, 0.1) is 0 Å². The molecule has 1 heterocycles. The molecule has 1 saturated heterocycles. The van der Waals surface area contributed by atoms with E-state index in [1.54, 1.807) is 0 Å². The van der Waals surface area contributed by atoms with E-state index in [1.807, 2.05) is 0 Å². The Morgan fingerprint density at radius 2 is 1.67 bits per heavy atom. The smallest absolute Gasteiger partial charge is 0.0415 e. The highest BCUT2D eigenvalue weighted by molar-refractivity contribution is 5.86. The Labute approximate surface area is 161 Å². The number of piperazine rings is 1. The highest BCUT2D eigenvalue weighted by Gasteiger charge is 2.33. The number of nitrogens with one attached hydrogen (secondary N) is 1. The van der Waals surface area contributed by atoms with Gasteiger partial charge in [-0.2, -0.15) is 0 Å². The predicted molar refractivity (Wildman–Crippen MR) is 114 cm³/mol. The minimum atomic E-state index is 0.323. The molecule has 2 aliphatic rings. The van der Waals surface area contributed by atoms with Crippen LogP contribution < -0.4 is 10.2 Å². The van der Waals surface area contributed by atoms with E-state index >= 15 is 0 Å². The number of benzene rings is 3. The average Bonchev–Trinajstić information content (AvgIpc) is 3.09. The van der Waals surface area contributed by atoms with E-state index in [1.165, 1.54) is 39.9 Å². The molecule has 27 heavy (non-hydrogen) atoms. The molecular formula is C25H26N2. The lowest BCUT2D eigenvalue weighted by Gasteiger charge is -2.37. The second kappa shape index (κ2) is 6.86. The second-order valence-electron chi connectivity index (χ2n) is 7.67. The van der Waals surface area contributed by atoms with Crippen molar-refractivity contribution in [1.29, 1.82) is 0 Å². The zero-order valence-corrected chi connectivity index (χ0v) is 15.9. The summed E-state index contributed by atoms with van der Waals surface area (Å²) in [4.78, 5) is 2.60. The summed E-state index contributed by atoms with van der Waals surface area (Å²) in [7, 11) is 0. The Bertz CT molecular complexity index is 948. The first-order chi connectivity index (χ1) is 13.4. The quantitative estimate of drug-likeness (QED) is 0.555. The van der Waals surface area contributed by atoms with Crippen LogP contribution in [0.2, 0.25) is 0 Å². The maximum absolute atomic E-state index is 3.65. The van der Waals surface area contributed by atoms with E-state index in [0.29, 0.717) is 12.0 Å². The molecule has 1 aliphatic heterocycles. The Hall–Kier alpha value is -2.58. The standard InChI is InChI=1S/C25H26N2/c1-2-19-17-27(16-15-26-19)23-14-8-13-22-20-11-6-7-12-21(20)24(25(22)23)18-9-4-3-5-10-18/h3-14,19,24,26H,2,15-17H2,1H3. The molecule has 1 aliphatic carbocycles. The van der Waals surface area contributed by atoms with Crippen LogP contribution in [0.1, 0.15) is 36.0 Å². The van der Waals surface area contributed by atoms with Crippen LogP contribution in [0.5, 0.6) is 0 Å². The molecule has 0 amide bonds. The van der Waals surface area contributed by atoms with Gasteiger partial charge in [0.2, 0.25) is 0 Å². The number of rotatable bonds is 3. The van der Waals surface area contributed by atoms with Crippen molar-refractivity contribution in [3.8, 4) is 11.1 Å². The Balaban J connectivity index is 1.68. The Morgan fingerprint density at radius 3 is 2.52 bits per heavy atom. The fourth-order valence-corrected chi connectivity index (χ4v) is 4.83. The van der Waals surface area contributed by atoms with E-state index < -0.39 is 0 Å². The van der Waals surface area contributed by atoms with Gasteiger partial charge in [-0.3, -0.25) is 0 Å². The van der Waals surface area contributed by atoms with E-state index in [2.05, 4.69) is 89.9 Å². The molecule has 2 unspecified atom stereocenters. The number of nitrogens with zero attached hydrogens (tertiary/aromatic N) is 1. The molecule has 0 aromatic heterocycles. The minimum absolute atomic E-state index is 0.323. The Morgan fingerprint density at radius 1 is 0.889 bits per heavy atom. The van der Waals surface area contributed by atoms with Crippen LogP contribution in [0.25, 0.3) is 11.1 Å². The maximum Gasteiger partial charge on any atom is 0.0415 e. The lowest BCUT2D eigenvalue weighted by Crippen LogP contribution is -2.50. The van der Waals surface area contributed by atoms with E-state index in [4.69, 9.17) is 0 Å². The maximum atomic E-state index is 3.65. The van der Waals surface area contributed by atoms with Gasteiger partial charge in [0.05, 0.1) is 0 Å². The molecule has 1 fully saturated rings. The van der Waals surface area contributed by atoms with Gasteiger partial charge in [0, 0.05) is 37.3 Å². The topological polar surface area (TPSA) is 15.3 Å². The number of fused-ring (bicyclic) bond motifs is 3. The number of hydrogen-bond acceptors (Lipinski definition) is 2. The summed E-state index contributed by atoms with van der Waals surface area (Å²) in [6.07, 6.45) is 1.17. The summed E-state index contributed by atoms with van der Waals surface area (Å²) in [6, 6.07) is 27.4. The highest BCUT2D eigenvalue weighted by Crippen LogP contribution is 2.51. The Kier molecular flexibility index (Phi) is 4.21. The molecule has 0 spiro atoms. The molecular weight excluding hydrogens is 328 g/mol. The zero-order chi connectivity index (χ0) is 18.2. The van der Waals surface area contributed by atoms with Crippen molar-refractivity contribution in [2.24, 2.45) is 0 Å². The summed E-state index contributed by atoms with van der Waals surface area (Å²) >= 11 is 0. The van der Waals surface area contributed by atoms with Gasteiger partial charge in [-0.1, -0.05) is 73.7 Å². The van der Waals surface area contributed by atoms with Gasteiger partial charge < -0.3 is 10.2 Å². The lowest BCUT2D eigenvalue weighted by atomic mass is 9.88. The van der Waals surface area contributed by atoms with Crippen LogP contribution >= 0.6 is 0 Å². The molecule has 136 valence electrons. The van der Waals surface area contributed by atoms with Gasteiger partial charge in [-0.15, -0.1) is 0 Å². The summed E-state index contributed by atoms with van der Waals surface area (Å²) in [5, 5.41) is 3.65. The zero-order valence-electron chi connectivity index (χ0n) is 15.9. The van der Waals surface area contributed by atoms with Gasteiger partial charge in [-0.05, 0) is 40.3 Å². The first-order valence-corrected chi connectivity index (χ1v) is 10.1. The molecule has 0 saturated carbocycles. The van der Waals surface area contributed by atoms with Gasteiger partial charge >= 0.3 is 0 Å². The van der Waals surface area contributed by atoms with Crippen LogP contribution in [-0.4, -0.2) is 25.7 Å². The summed E-state index contributed by atoms with van der Waals surface area (Å²) < 4.78 is 0. The molecule has 1 N–H and O–H groups in total. The molecule has 2 heteroatoms. The summed E-state index contributed by atoms with van der Waals surface area (Å²) in [5.41, 5.74) is 8.53. The molecule has 0 radical (unpaired) electrons. The molecule has 3 aromatic carbocycles. The molecule has 2 nitrogen and oxygen atoms in total. The highest BCUT2D eigenvalue weighted by atomic mass is 15.2. The molecule has 5 rings (SSSR count). The molecule has 2 atom stereocenters. The van der Waals surface area contributed by atoms with Crippen LogP contribution in [-0.2, 0) is 0 Å². The second-order valence-corrected chi connectivity index (χ2v) is 7.67. The van der Waals surface area contributed by atoms with Crippen molar-refractivity contribution in [2.75, 3.05) is 24.5 Å². The largest absolute Gasteiger partial charge is 0.368 e. The van der Waals surface area contributed by atoms with Crippen LogP contribution in [0.3, 0.4) is 0 Å². The predicted octanol–water partition coefficient (Wildman–Crippen LogP) is 5.04. The van der Waals surface area contributed by atoms with E-state index in [-0.39, 0.29) is 0 Å². The third-order valence-corrected chi connectivity index (χ3v) is 6.16.